The lowest BCUT2D eigenvalue weighted by atomic mass is 10.0. The number of carbonyl (C=O) groups excluding carboxylic acids is 1. The minimum Gasteiger partial charge on any atom is -0.496 e. The van der Waals surface area contributed by atoms with Gasteiger partial charge in [-0.25, -0.2) is 4.79 Å². The molecule has 0 saturated carbocycles. The number of urea groups is 1. The SMILES string of the molecule is CCCCCOc1cc(N2CC(COCc3ccccc3)CN(Cc3ccc(Br)cc3OC)C2=O)ccc1OC. The molecule has 0 aliphatic carbocycles. The first kappa shape index (κ1) is 29.7. The minimum absolute atomic E-state index is 0.0635. The topological polar surface area (TPSA) is 60.5 Å². The lowest BCUT2D eigenvalue weighted by Crippen LogP contribution is -2.54. The van der Waals surface area contributed by atoms with Gasteiger partial charge in [0.25, 0.3) is 0 Å². The number of hydrogen-bond donors (Lipinski definition) is 0. The van der Waals surface area contributed by atoms with E-state index in [1.54, 1.807) is 14.2 Å². The summed E-state index contributed by atoms with van der Waals surface area (Å²) in [6.07, 6.45) is 3.19. The van der Waals surface area contributed by atoms with Crippen molar-refractivity contribution in [2.24, 2.45) is 5.92 Å². The van der Waals surface area contributed by atoms with E-state index in [9.17, 15) is 4.79 Å². The van der Waals surface area contributed by atoms with Gasteiger partial charge in [-0.1, -0.05) is 72.1 Å². The number of anilines is 1. The van der Waals surface area contributed by atoms with E-state index >= 15 is 0 Å². The van der Waals surface area contributed by atoms with Gasteiger partial charge in [-0.3, -0.25) is 4.90 Å². The van der Waals surface area contributed by atoms with Crippen LogP contribution in [0.4, 0.5) is 10.5 Å². The van der Waals surface area contributed by atoms with Crippen LogP contribution in [0, 0.1) is 5.92 Å². The molecule has 0 radical (unpaired) electrons. The molecule has 0 bridgehead atoms. The summed E-state index contributed by atoms with van der Waals surface area (Å²) in [5.41, 5.74) is 2.85. The summed E-state index contributed by atoms with van der Waals surface area (Å²) in [6, 6.07) is 21.7. The fourth-order valence-corrected chi connectivity index (χ4v) is 5.20. The zero-order valence-corrected chi connectivity index (χ0v) is 25.2. The molecule has 1 aliphatic heterocycles. The molecule has 1 heterocycles. The number of ether oxygens (including phenoxy) is 4. The number of hydrogen-bond acceptors (Lipinski definition) is 5. The van der Waals surface area contributed by atoms with E-state index < -0.39 is 0 Å². The molecule has 0 spiro atoms. The van der Waals surface area contributed by atoms with Crippen LogP contribution < -0.4 is 19.1 Å². The third-order valence-electron chi connectivity index (χ3n) is 6.96. The number of benzene rings is 3. The van der Waals surface area contributed by atoms with Crippen LogP contribution in [0.25, 0.3) is 0 Å². The van der Waals surface area contributed by atoms with Crippen LogP contribution >= 0.6 is 15.9 Å². The van der Waals surface area contributed by atoms with Gasteiger partial charge in [0.1, 0.15) is 5.75 Å². The Morgan fingerprint density at radius 1 is 0.900 bits per heavy atom. The zero-order valence-electron chi connectivity index (χ0n) is 23.6. The first-order valence-electron chi connectivity index (χ1n) is 13.8. The highest BCUT2D eigenvalue weighted by molar-refractivity contribution is 9.10. The molecule has 1 saturated heterocycles. The quantitative estimate of drug-likeness (QED) is 0.179. The van der Waals surface area contributed by atoms with Crippen LogP contribution in [0.15, 0.2) is 71.2 Å². The van der Waals surface area contributed by atoms with Crippen molar-refractivity contribution in [2.45, 2.75) is 39.3 Å². The molecule has 40 heavy (non-hydrogen) atoms. The molecule has 1 unspecified atom stereocenters. The van der Waals surface area contributed by atoms with Gasteiger partial charge in [0.2, 0.25) is 0 Å². The fraction of sp³-hybridized carbons (Fsp3) is 0.406. The van der Waals surface area contributed by atoms with Crippen LogP contribution in [0.5, 0.6) is 17.2 Å². The van der Waals surface area contributed by atoms with Crippen LogP contribution in [-0.2, 0) is 17.9 Å². The largest absolute Gasteiger partial charge is 0.496 e. The summed E-state index contributed by atoms with van der Waals surface area (Å²) in [7, 11) is 3.28. The van der Waals surface area contributed by atoms with Crippen LogP contribution in [0.3, 0.4) is 0 Å². The van der Waals surface area contributed by atoms with Crippen molar-refractivity contribution in [3.8, 4) is 17.2 Å². The Bertz CT molecular complexity index is 1240. The monoisotopic (exact) mass is 610 g/mol. The minimum atomic E-state index is -0.0635. The van der Waals surface area contributed by atoms with Crippen LogP contribution in [0.1, 0.15) is 37.3 Å². The molecule has 0 N–H and O–H groups in total. The lowest BCUT2D eigenvalue weighted by molar-refractivity contribution is 0.0692. The third-order valence-corrected chi connectivity index (χ3v) is 7.45. The predicted octanol–water partition coefficient (Wildman–Crippen LogP) is 7.31. The van der Waals surface area contributed by atoms with Gasteiger partial charge in [0.05, 0.1) is 40.6 Å². The smallest absolute Gasteiger partial charge is 0.324 e. The van der Waals surface area contributed by atoms with Crippen molar-refractivity contribution < 1.29 is 23.7 Å². The van der Waals surface area contributed by atoms with Gasteiger partial charge in [0.15, 0.2) is 11.5 Å². The van der Waals surface area contributed by atoms with Gasteiger partial charge >= 0.3 is 6.03 Å². The highest BCUT2D eigenvalue weighted by atomic mass is 79.9. The molecule has 7 nitrogen and oxygen atoms in total. The Balaban J connectivity index is 1.56. The fourth-order valence-electron chi connectivity index (χ4n) is 4.86. The van der Waals surface area contributed by atoms with Gasteiger partial charge in [-0.05, 0) is 36.2 Å². The van der Waals surface area contributed by atoms with E-state index in [1.165, 1.54) is 0 Å². The van der Waals surface area contributed by atoms with Gasteiger partial charge in [-0.15, -0.1) is 0 Å². The molecule has 3 aromatic carbocycles. The first-order valence-corrected chi connectivity index (χ1v) is 14.6. The molecule has 1 aliphatic rings. The Kier molecular flexibility index (Phi) is 11.1. The summed E-state index contributed by atoms with van der Waals surface area (Å²) in [6.45, 7) is 5.39. The van der Waals surface area contributed by atoms with Crippen molar-refractivity contribution >= 4 is 27.6 Å². The molecular weight excluding hydrogens is 572 g/mol. The predicted molar refractivity (Wildman–Crippen MR) is 161 cm³/mol. The molecule has 1 fully saturated rings. The lowest BCUT2D eigenvalue weighted by Gasteiger charge is -2.40. The zero-order chi connectivity index (χ0) is 28.3. The van der Waals surface area contributed by atoms with Crippen molar-refractivity contribution in [1.82, 2.24) is 4.90 Å². The Morgan fingerprint density at radius 3 is 2.45 bits per heavy atom. The standard InChI is InChI=1S/C32H39BrN2O5/c1-4-5-9-16-40-31-18-28(14-15-29(31)37-2)35-20-25(23-39-22-24-10-7-6-8-11-24)19-34(32(35)36)21-26-12-13-27(33)17-30(26)38-3/h6-8,10-15,17-18,25H,4-5,9,16,19-23H2,1-3H3. The average Bonchev–Trinajstić information content (AvgIpc) is 2.98. The molecule has 1 atom stereocenters. The van der Waals surface area contributed by atoms with E-state index in [0.717, 1.165) is 46.3 Å². The summed E-state index contributed by atoms with van der Waals surface area (Å²) in [5.74, 6) is 2.15. The summed E-state index contributed by atoms with van der Waals surface area (Å²) in [5, 5.41) is 0. The van der Waals surface area contributed by atoms with Crippen molar-refractivity contribution in [3.05, 3.63) is 82.3 Å². The Hall–Kier alpha value is -3.23. The number of amides is 2. The number of carbonyl (C=O) groups is 1. The summed E-state index contributed by atoms with van der Waals surface area (Å²) in [4.78, 5) is 17.6. The molecular formula is C32H39BrN2O5. The number of halogens is 1. The number of rotatable bonds is 14. The van der Waals surface area contributed by atoms with E-state index in [2.05, 4.69) is 35.0 Å². The van der Waals surface area contributed by atoms with Gasteiger partial charge in [-0.2, -0.15) is 0 Å². The first-order chi connectivity index (χ1) is 19.5. The maximum Gasteiger partial charge on any atom is 0.324 e. The van der Waals surface area contributed by atoms with E-state index in [-0.39, 0.29) is 11.9 Å². The molecule has 8 heteroatoms. The summed E-state index contributed by atoms with van der Waals surface area (Å²) >= 11 is 3.51. The highest BCUT2D eigenvalue weighted by Crippen LogP contribution is 2.35. The molecule has 3 aromatic rings. The van der Waals surface area contributed by atoms with Gasteiger partial charge in [0, 0.05) is 40.8 Å². The van der Waals surface area contributed by atoms with Gasteiger partial charge < -0.3 is 23.8 Å². The van der Waals surface area contributed by atoms with E-state index in [0.29, 0.717) is 51.0 Å². The van der Waals surface area contributed by atoms with Crippen molar-refractivity contribution in [3.63, 3.8) is 0 Å². The average molecular weight is 612 g/mol. The Labute approximate surface area is 246 Å². The maximum absolute atomic E-state index is 13.9. The third kappa shape index (κ3) is 7.92. The second-order valence-electron chi connectivity index (χ2n) is 9.99. The van der Waals surface area contributed by atoms with Crippen molar-refractivity contribution in [1.29, 1.82) is 0 Å². The van der Waals surface area contributed by atoms with Crippen LogP contribution in [-0.4, -0.2) is 51.5 Å². The highest BCUT2D eigenvalue weighted by Gasteiger charge is 2.34. The normalized spacial score (nSPS) is 15.3. The van der Waals surface area contributed by atoms with Crippen molar-refractivity contribution in [2.75, 3.05) is 45.4 Å². The maximum atomic E-state index is 13.9. The van der Waals surface area contributed by atoms with Crippen LogP contribution in [0.2, 0.25) is 0 Å². The second kappa shape index (κ2) is 15.0. The molecule has 2 amide bonds. The van der Waals surface area contributed by atoms with E-state index in [1.807, 2.05) is 64.4 Å². The molecule has 214 valence electrons. The molecule has 4 rings (SSSR count). The molecule has 0 aromatic heterocycles. The van der Waals surface area contributed by atoms with E-state index in [4.69, 9.17) is 18.9 Å². The number of methoxy groups -OCH3 is 2. The number of unbranched alkanes of at least 4 members (excludes halogenated alkanes) is 2. The Morgan fingerprint density at radius 2 is 1.70 bits per heavy atom. The summed E-state index contributed by atoms with van der Waals surface area (Å²) < 4.78 is 24.3. The number of nitrogens with zero attached hydrogens (tertiary/aromatic N) is 2. The second-order valence-corrected chi connectivity index (χ2v) is 10.9.